The van der Waals surface area contributed by atoms with Crippen LogP contribution in [0, 0.1) is 5.92 Å². The predicted molar refractivity (Wildman–Crippen MR) is 87.8 cm³/mol. The van der Waals surface area contributed by atoms with Gasteiger partial charge < -0.3 is 9.63 Å². The highest BCUT2D eigenvalue weighted by atomic mass is 16.5. The molecule has 1 saturated carbocycles. The van der Waals surface area contributed by atoms with Crippen LogP contribution in [-0.4, -0.2) is 39.8 Å². The molecule has 2 unspecified atom stereocenters. The predicted octanol–water partition coefficient (Wildman–Crippen LogP) is 2.64. The van der Waals surface area contributed by atoms with Crippen molar-refractivity contribution in [1.29, 1.82) is 0 Å². The topological polar surface area (TPSA) is 62.4 Å². The highest BCUT2D eigenvalue weighted by Gasteiger charge is 2.24. The smallest absolute Gasteiger partial charge is 0.240 e. The average molecular weight is 315 g/mol. The number of rotatable bonds is 6. The highest BCUT2D eigenvalue weighted by Crippen LogP contribution is 2.25. The average Bonchev–Trinajstić information content (AvgIpc) is 2.97. The Morgan fingerprint density at radius 1 is 1.22 bits per heavy atom. The molecule has 5 nitrogen and oxygen atoms in total. The van der Waals surface area contributed by atoms with Crippen LogP contribution in [-0.2, 0) is 13.0 Å². The second-order valence-electron chi connectivity index (χ2n) is 6.58. The molecule has 2 atom stereocenters. The summed E-state index contributed by atoms with van der Waals surface area (Å²) in [7, 11) is 2.04. The summed E-state index contributed by atoms with van der Waals surface area (Å²) in [4.78, 5) is 6.64. The minimum absolute atomic E-state index is 0.164. The zero-order valence-corrected chi connectivity index (χ0v) is 13.7. The van der Waals surface area contributed by atoms with Crippen molar-refractivity contribution in [2.24, 2.45) is 5.92 Å². The molecule has 124 valence electrons. The number of aliphatic hydroxyl groups excluding tert-OH is 1. The zero-order valence-electron chi connectivity index (χ0n) is 13.7. The molecule has 0 radical (unpaired) electrons. The second-order valence-corrected chi connectivity index (χ2v) is 6.58. The molecule has 1 aliphatic carbocycles. The maximum absolute atomic E-state index is 10.1. The van der Waals surface area contributed by atoms with Gasteiger partial charge in [0.25, 0.3) is 0 Å². The molecule has 3 rings (SSSR count). The van der Waals surface area contributed by atoms with E-state index in [2.05, 4.69) is 27.2 Å². The molecule has 1 fully saturated rings. The van der Waals surface area contributed by atoms with Gasteiger partial charge in [0.1, 0.15) is 0 Å². The fourth-order valence-electron chi connectivity index (χ4n) is 3.30. The molecule has 0 spiro atoms. The van der Waals surface area contributed by atoms with Gasteiger partial charge in [0, 0.05) is 13.0 Å². The van der Waals surface area contributed by atoms with Gasteiger partial charge in [0.05, 0.1) is 12.6 Å². The van der Waals surface area contributed by atoms with Gasteiger partial charge in [-0.1, -0.05) is 48.3 Å². The summed E-state index contributed by atoms with van der Waals surface area (Å²) < 4.78 is 5.36. The van der Waals surface area contributed by atoms with E-state index >= 15 is 0 Å². The highest BCUT2D eigenvalue weighted by molar-refractivity contribution is 5.18. The molecular weight excluding hydrogens is 290 g/mol. The van der Waals surface area contributed by atoms with E-state index in [9.17, 15) is 5.11 Å². The van der Waals surface area contributed by atoms with Crippen LogP contribution in [0.2, 0.25) is 0 Å². The van der Waals surface area contributed by atoms with Gasteiger partial charge in [-0.15, -0.1) is 0 Å². The molecule has 1 heterocycles. The summed E-state index contributed by atoms with van der Waals surface area (Å²) in [6.07, 6.45) is 4.93. The van der Waals surface area contributed by atoms with Crippen LogP contribution in [0.25, 0.3) is 0 Å². The standard InChI is InChI=1S/C18H25N3O2/c1-21(12-15-9-5-6-10-16(15)22)13-18-19-17(20-23-18)11-14-7-3-2-4-8-14/h2-4,7-8,15-16,22H,5-6,9-13H2,1H3. The first kappa shape index (κ1) is 16.1. The van der Waals surface area contributed by atoms with Crippen LogP contribution in [0.4, 0.5) is 0 Å². The number of hydrogen-bond donors (Lipinski definition) is 1. The molecular formula is C18H25N3O2. The minimum atomic E-state index is -0.164. The zero-order chi connectivity index (χ0) is 16.1. The molecule has 5 heteroatoms. The van der Waals surface area contributed by atoms with Gasteiger partial charge in [-0.3, -0.25) is 4.90 Å². The Bertz CT molecular complexity index is 599. The van der Waals surface area contributed by atoms with Crippen LogP contribution < -0.4 is 0 Å². The van der Waals surface area contributed by atoms with E-state index in [1.807, 2.05) is 25.2 Å². The van der Waals surface area contributed by atoms with Crippen molar-refractivity contribution in [3.63, 3.8) is 0 Å². The van der Waals surface area contributed by atoms with Crippen molar-refractivity contribution in [3.05, 3.63) is 47.6 Å². The third-order valence-corrected chi connectivity index (χ3v) is 4.54. The molecule has 1 N–H and O–H groups in total. The van der Waals surface area contributed by atoms with Crippen molar-refractivity contribution in [3.8, 4) is 0 Å². The molecule has 0 amide bonds. The molecule has 1 aromatic carbocycles. The Balaban J connectivity index is 1.52. The van der Waals surface area contributed by atoms with Gasteiger partial charge in [-0.25, -0.2) is 0 Å². The fraction of sp³-hybridized carbons (Fsp3) is 0.556. The Morgan fingerprint density at radius 3 is 2.78 bits per heavy atom. The van der Waals surface area contributed by atoms with E-state index in [0.29, 0.717) is 24.8 Å². The first-order valence-corrected chi connectivity index (χ1v) is 8.42. The van der Waals surface area contributed by atoms with Crippen LogP contribution in [0.15, 0.2) is 34.9 Å². The Morgan fingerprint density at radius 2 is 2.00 bits per heavy atom. The first-order chi connectivity index (χ1) is 11.2. The van der Waals surface area contributed by atoms with E-state index in [0.717, 1.165) is 31.6 Å². The number of benzene rings is 1. The lowest BCUT2D eigenvalue weighted by atomic mass is 9.86. The van der Waals surface area contributed by atoms with Crippen molar-refractivity contribution in [2.75, 3.05) is 13.6 Å². The summed E-state index contributed by atoms with van der Waals surface area (Å²) >= 11 is 0. The third-order valence-electron chi connectivity index (χ3n) is 4.54. The third kappa shape index (κ3) is 4.62. The molecule has 0 saturated heterocycles. The first-order valence-electron chi connectivity index (χ1n) is 8.42. The molecule has 1 aromatic heterocycles. The number of hydrogen-bond acceptors (Lipinski definition) is 5. The molecule has 23 heavy (non-hydrogen) atoms. The van der Waals surface area contributed by atoms with Crippen LogP contribution in [0.5, 0.6) is 0 Å². The largest absolute Gasteiger partial charge is 0.393 e. The van der Waals surface area contributed by atoms with Gasteiger partial charge >= 0.3 is 0 Å². The monoisotopic (exact) mass is 315 g/mol. The Kier molecular flexibility index (Phi) is 5.41. The lowest BCUT2D eigenvalue weighted by molar-refractivity contribution is 0.0484. The van der Waals surface area contributed by atoms with E-state index in [1.54, 1.807) is 0 Å². The molecule has 0 aliphatic heterocycles. The summed E-state index contributed by atoms with van der Waals surface area (Å²) in [5.41, 5.74) is 1.18. The number of aromatic nitrogens is 2. The van der Waals surface area contributed by atoms with Crippen molar-refractivity contribution >= 4 is 0 Å². The maximum atomic E-state index is 10.1. The van der Waals surface area contributed by atoms with Crippen LogP contribution in [0.1, 0.15) is 43.0 Å². The van der Waals surface area contributed by atoms with Crippen LogP contribution in [0.3, 0.4) is 0 Å². The Labute approximate surface area is 137 Å². The van der Waals surface area contributed by atoms with Crippen molar-refractivity contribution in [1.82, 2.24) is 15.0 Å². The van der Waals surface area contributed by atoms with E-state index in [1.165, 1.54) is 12.0 Å². The van der Waals surface area contributed by atoms with E-state index in [-0.39, 0.29) is 6.10 Å². The van der Waals surface area contributed by atoms with Gasteiger partial charge in [0.2, 0.25) is 5.89 Å². The van der Waals surface area contributed by atoms with Gasteiger partial charge in [0.15, 0.2) is 5.82 Å². The van der Waals surface area contributed by atoms with E-state index in [4.69, 9.17) is 4.52 Å². The lowest BCUT2D eigenvalue weighted by Gasteiger charge is -2.30. The fourth-order valence-corrected chi connectivity index (χ4v) is 3.30. The quantitative estimate of drug-likeness (QED) is 0.888. The molecule has 2 aromatic rings. The molecule has 0 bridgehead atoms. The van der Waals surface area contributed by atoms with E-state index < -0.39 is 0 Å². The summed E-state index contributed by atoms with van der Waals surface area (Å²) in [6.45, 7) is 1.50. The van der Waals surface area contributed by atoms with Crippen LogP contribution >= 0.6 is 0 Å². The van der Waals surface area contributed by atoms with Gasteiger partial charge in [-0.05, 0) is 31.4 Å². The summed E-state index contributed by atoms with van der Waals surface area (Å²) in [5.74, 6) is 1.72. The normalized spacial score (nSPS) is 21.7. The number of aliphatic hydroxyl groups is 1. The molecule has 1 aliphatic rings. The van der Waals surface area contributed by atoms with Crippen molar-refractivity contribution < 1.29 is 9.63 Å². The summed E-state index contributed by atoms with van der Waals surface area (Å²) in [6, 6.07) is 10.2. The maximum Gasteiger partial charge on any atom is 0.240 e. The SMILES string of the molecule is CN(Cc1nc(Cc2ccccc2)no1)CC1CCCCC1O. The van der Waals surface area contributed by atoms with Crippen molar-refractivity contribution in [2.45, 2.75) is 44.8 Å². The second kappa shape index (κ2) is 7.70. The summed E-state index contributed by atoms with van der Waals surface area (Å²) in [5, 5.41) is 14.1. The number of nitrogens with zero attached hydrogens (tertiary/aromatic N) is 3. The van der Waals surface area contributed by atoms with Gasteiger partial charge in [-0.2, -0.15) is 4.98 Å². The Hall–Kier alpha value is -1.72. The lowest BCUT2D eigenvalue weighted by Crippen LogP contribution is -2.34. The minimum Gasteiger partial charge on any atom is -0.393 e.